The maximum atomic E-state index is 13.8. The first-order valence-corrected chi connectivity index (χ1v) is 11.9. The average Bonchev–Trinajstić information content (AvgIpc) is 3.22. The lowest BCUT2D eigenvalue weighted by Crippen LogP contribution is -2.22. The van der Waals surface area contributed by atoms with Gasteiger partial charge in [-0.05, 0) is 61.6 Å². The Balaban J connectivity index is 1.53. The third-order valence-electron chi connectivity index (χ3n) is 5.74. The molecule has 0 radical (unpaired) electrons. The van der Waals surface area contributed by atoms with E-state index in [-0.39, 0.29) is 11.7 Å². The molecule has 0 spiro atoms. The first kappa shape index (κ1) is 25.4. The van der Waals surface area contributed by atoms with E-state index in [2.05, 4.69) is 20.6 Å². The summed E-state index contributed by atoms with van der Waals surface area (Å²) < 4.78 is 22.0. The monoisotopic (exact) mass is 525 g/mol. The number of nitrogen functional groups attached to an aromatic ring is 1. The SMILES string of the molecule is CNCC=CC(=O)Nc1cccc(-n2c(=O)n(-c3ccc(Oc4cccc(F)c4)cc3)c3c(N)ncnc32)c1. The number of likely N-dealkylation sites (N-methyl/N-ethyl adjacent to an activating group) is 1. The van der Waals surface area contributed by atoms with Crippen LogP contribution in [0.4, 0.5) is 15.9 Å². The molecule has 0 atom stereocenters. The molecule has 1 amide bonds. The number of anilines is 2. The van der Waals surface area contributed by atoms with Crippen molar-refractivity contribution < 1.29 is 13.9 Å². The lowest BCUT2D eigenvalue weighted by atomic mass is 10.2. The number of nitrogens with zero attached hydrogens (tertiary/aromatic N) is 4. The largest absolute Gasteiger partial charge is 0.457 e. The van der Waals surface area contributed by atoms with Crippen LogP contribution in [0.1, 0.15) is 0 Å². The van der Waals surface area contributed by atoms with Gasteiger partial charge in [0.15, 0.2) is 11.5 Å². The van der Waals surface area contributed by atoms with Gasteiger partial charge in [0.05, 0.1) is 11.4 Å². The van der Waals surface area contributed by atoms with Gasteiger partial charge in [-0.25, -0.2) is 23.7 Å². The van der Waals surface area contributed by atoms with E-state index in [9.17, 15) is 14.0 Å². The Labute approximate surface area is 222 Å². The minimum Gasteiger partial charge on any atom is -0.457 e. The number of rotatable bonds is 8. The van der Waals surface area contributed by atoms with Crippen LogP contribution in [-0.4, -0.2) is 38.6 Å². The van der Waals surface area contributed by atoms with Crippen LogP contribution in [0.3, 0.4) is 0 Å². The van der Waals surface area contributed by atoms with Crippen LogP contribution < -0.4 is 26.8 Å². The number of imidazole rings is 1. The van der Waals surface area contributed by atoms with E-state index < -0.39 is 11.5 Å². The van der Waals surface area contributed by atoms with Crippen molar-refractivity contribution >= 4 is 28.6 Å². The van der Waals surface area contributed by atoms with E-state index in [0.717, 1.165) is 0 Å². The number of amides is 1. The molecule has 0 saturated heterocycles. The highest BCUT2D eigenvalue weighted by molar-refractivity contribution is 5.99. The zero-order valence-corrected chi connectivity index (χ0v) is 20.8. The van der Waals surface area contributed by atoms with Crippen LogP contribution in [-0.2, 0) is 4.79 Å². The molecule has 0 aliphatic carbocycles. The minimum atomic E-state index is -0.437. The predicted octanol–water partition coefficient (Wildman–Crippen LogP) is 3.80. The second-order valence-corrected chi connectivity index (χ2v) is 8.44. The molecular weight excluding hydrogens is 501 g/mol. The second-order valence-electron chi connectivity index (χ2n) is 8.44. The summed E-state index contributed by atoms with van der Waals surface area (Å²) in [5.74, 6) is 0.212. The first-order chi connectivity index (χ1) is 18.9. The fourth-order valence-corrected chi connectivity index (χ4v) is 4.04. The minimum absolute atomic E-state index is 0.120. The van der Waals surface area contributed by atoms with E-state index >= 15 is 0 Å². The topological polar surface area (TPSA) is 129 Å². The Morgan fingerprint density at radius 1 is 1.00 bits per heavy atom. The quantitative estimate of drug-likeness (QED) is 0.263. The molecule has 0 fully saturated rings. The Morgan fingerprint density at radius 2 is 1.79 bits per heavy atom. The number of nitrogens with two attached hydrogens (primary N) is 1. The average molecular weight is 526 g/mol. The molecule has 2 heterocycles. The van der Waals surface area contributed by atoms with Gasteiger partial charge in [-0.15, -0.1) is 0 Å². The van der Waals surface area contributed by atoms with Gasteiger partial charge in [0.25, 0.3) is 0 Å². The van der Waals surface area contributed by atoms with E-state index in [0.29, 0.717) is 46.3 Å². The van der Waals surface area contributed by atoms with Crippen molar-refractivity contribution in [3.05, 3.63) is 108 Å². The van der Waals surface area contributed by atoms with Gasteiger partial charge in [-0.2, -0.15) is 0 Å². The van der Waals surface area contributed by atoms with Crippen molar-refractivity contribution in [2.24, 2.45) is 0 Å². The summed E-state index contributed by atoms with van der Waals surface area (Å²) >= 11 is 0. The Kier molecular flexibility index (Phi) is 7.15. The second kappa shape index (κ2) is 11.0. The molecule has 0 saturated carbocycles. The summed E-state index contributed by atoms with van der Waals surface area (Å²) in [4.78, 5) is 34.4. The molecule has 0 aliphatic rings. The van der Waals surface area contributed by atoms with Gasteiger partial charge in [0, 0.05) is 24.4 Å². The smallest absolute Gasteiger partial charge is 0.339 e. The maximum Gasteiger partial charge on any atom is 0.339 e. The zero-order valence-electron chi connectivity index (χ0n) is 20.8. The maximum absolute atomic E-state index is 13.8. The van der Waals surface area contributed by atoms with Gasteiger partial charge >= 0.3 is 5.69 Å². The molecular formula is C28H24FN7O3. The molecule has 4 N–H and O–H groups in total. The van der Waals surface area contributed by atoms with Crippen LogP contribution in [0, 0.1) is 5.82 Å². The number of hydrogen-bond donors (Lipinski definition) is 3. The molecule has 11 heteroatoms. The summed E-state index contributed by atoms with van der Waals surface area (Å²) in [6.07, 6.45) is 4.41. The highest BCUT2D eigenvalue weighted by Gasteiger charge is 2.20. The van der Waals surface area contributed by atoms with Gasteiger partial charge in [0.2, 0.25) is 5.91 Å². The highest BCUT2D eigenvalue weighted by Crippen LogP contribution is 2.27. The van der Waals surface area contributed by atoms with Crippen molar-refractivity contribution in [3.63, 3.8) is 0 Å². The number of hydrogen-bond acceptors (Lipinski definition) is 7. The third kappa shape index (κ3) is 5.38. The lowest BCUT2D eigenvalue weighted by molar-refractivity contribution is -0.111. The normalized spacial score (nSPS) is 11.2. The predicted molar refractivity (Wildman–Crippen MR) is 147 cm³/mol. The Morgan fingerprint density at radius 3 is 2.56 bits per heavy atom. The van der Waals surface area contributed by atoms with Crippen molar-refractivity contribution in [2.45, 2.75) is 0 Å². The number of benzene rings is 3. The fraction of sp³-hybridized carbons (Fsp3) is 0.0714. The fourth-order valence-electron chi connectivity index (χ4n) is 4.04. The Hall–Kier alpha value is -5.29. The van der Waals surface area contributed by atoms with Gasteiger partial charge in [0.1, 0.15) is 29.2 Å². The summed E-state index contributed by atoms with van der Waals surface area (Å²) in [6.45, 7) is 0.557. The molecule has 5 aromatic rings. The van der Waals surface area contributed by atoms with Gasteiger partial charge in [-0.1, -0.05) is 18.2 Å². The summed E-state index contributed by atoms with van der Waals surface area (Å²) in [7, 11) is 1.78. The molecule has 39 heavy (non-hydrogen) atoms. The van der Waals surface area contributed by atoms with Crippen molar-refractivity contribution in [1.82, 2.24) is 24.4 Å². The van der Waals surface area contributed by atoms with Crippen molar-refractivity contribution in [3.8, 4) is 22.9 Å². The molecule has 2 aromatic heterocycles. The molecule has 196 valence electrons. The third-order valence-corrected chi connectivity index (χ3v) is 5.74. The van der Waals surface area contributed by atoms with Crippen molar-refractivity contribution in [1.29, 1.82) is 0 Å². The molecule has 0 bridgehead atoms. The number of ether oxygens (including phenoxy) is 1. The molecule has 0 unspecified atom stereocenters. The van der Waals surface area contributed by atoms with Crippen LogP contribution in [0.25, 0.3) is 22.5 Å². The van der Waals surface area contributed by atoms with E-state index in [4.69, 9.17) is 10.5 Å². The van der Waals surface area contributed by atoms with E-state index in [1.807, 2.05) is 0 Å². The first-order valence-electron chi connectivity index (χ1n) is 11.9. The zero-order chi connectivity index (χ0) is 27.4. The summed E-state index contributed by atoms with van der Waals surface area (Å²) in [5.41, 5.74) is 7.86. The van der Waals surface area contributed by atoms with Crippen LogP contribution in [0.5, 0.6) is 11.5 Å². The van der Waals surface area contributed by atoms with Crippen LogP contribution >= 0.6 is 0 Å². The number of aromatic nitrogens is 4. The number of fused-ring (bicyclic) bond motifs is 1. The summed E-state index contributed by atoms with van der Waals surface area (Å²) in [6, 6.07) is 19.3. The molecule has 5 rings (SSSR count). The van der Waals surface area contributed by atoms with E-state index in [1.165, 1.54) is 33.7 Å². The van der Waals surface area contributed by atoms with Gasteiger partial charge in [-0.3, -0.25) is 9.36 Å². The van der Waals surface area contributed by atoms with Crippen LogP contribution in [0.15, 0.2) is 96.1 Å². The van der Waals surface area contributed by atoms with Gasteiger partial charge < -0.3 is 21.1 Å². The lowest BCUT2D eigenvalue weighted by Gasteiger charge is -2.08. The number of halogens is 1. The van der Waals surface area contributed by atoms with Crippen LogP contribution in [0.2, 0.25) is 0 Å². The van der Waals surface area contributed by atoms with Crippen molar-refractivity contribution in [2.75, 3.05) is 24.6 Å². The standard InChI is InChI=1S/C28H24FN7O3/c1-31-14-4-9-24(37)34-19-6-3-7-21(16-19)36-27-25(26(30)32-17-33-27)35(28(36)38)20-10-12-22(13-11-20)39-23-8-2-5-18(29)15-23/h2-13,15-17,31H,14H2,1H3,(H,34,37)(H2,30,32,33). The summed E-state index contributed by atoms with van der Waals surface area (Å²) in [5, 5.41) is 5.71. The molecule has 0 aliphatic heterocycles. The number of carbonyl (C=O) groups excluding carboxylic acids is 1. The Bertz CT molecular complexity index is 1740. The highest BCUT2D eigenvalue weighted by atomic mass is 19.1. The number of nitrogens with one attached hydrogen (secondary N) is 2. The molecule has 10 nitrogen and oxygen atoms in total. The molecule has 3 aromatic carbocycles. The number of carbonyl (C=O) groups is 1. The van der Waals surface area contributed by atoms with E-state index in [1.54, 1.807) is 73.8 Å².